The number of nitrogens with zero attached hydrogens (tertiary/aromatic N) is 2. The number of ether oxygens (including phenoxy) is 1. The number of hydrogen-bond donors (Lipinski definition) is 0. The summed E-state index contributed by atoms with van der Waals surface area (Å²) in [6.45, 7) is 3.53. The zero-order chi connectivity index (χ0) is 10.0. The fourth-order valence-electron chi connectivity index (χ4n) is 0.802. The molecular weight excluding hydrogens is 192 g/mol. The Morgan fingerprint density at radius 2 is 1.85 bits per heavy atom. The van der Waals surface area contributed by atoms with Crippen molar-refractivity contribution >= 4 is 17.6 Å². The number of rotatable bonds is 1. The van der Waals surface area contributed by atoms with Crippen molar-refractivity contribution in [2.75, 3.05) is 7.11 Å². The van der Waals surface area contributed by atoms with Crippen LogP contribution in [0.5, 0.6) is 0 Å². The van der Waals surface area contributed by atoms with E-state index in [9.17, 15) is 4.79 Å². The maximum Gasteiger partial charge on any atom is 0.359 e. The highest BCUT2D eigenvalue weighted by atomic mass is 35.5. The number of aryl methyl sites for hydroxylation is 2. The molecule has 0 unspecified atom stereocenters. The molecule has 1 aromatic heterocycles. The molecule has 0 radical (unpaired) electrons. The lowest BCUT2D eigenvalue weighted by Crippen LogP contribution is -2.08. The smallest absolute Gasteiger partial charge is 0.359 e. The second kappa shape index (κ2) is 3.70. The van der Waals surface area contributed by atoms with Crippen molar-refractivity contribution in [3.05, 3.63) is 22.2 Å². The lowest BCUT2D eigenvalue weighted by molar-refractivity contribution is 0.0593. The van der Waals surface area contributed by atoms with Crippen molar-refractivity contribution in [2.45, 2.75) is 13.8 Å². The van der Waals surface area contributed by atoms with Crippen LogP contribution in [-0.4, -0.2) is 23.0 Å². The van der Waals surface area contributed by atoms with Gasteiger partial charge in [0, 0.05) is 0 Å². The molecule has 0 spiro atoms. The van der Waals surface area contributed by atoms with Gasteiger partial charge in [0.1, 0.15) is 0 Å². The van der Waals surface area contributed by atoms with E-state index >= 15 is 0 Å². The number of hydrogen-bond acceptors (Lipinski definition) is 4. The van der Waals surface area contributed by atoms with E-state index < -0.39 is 5.97 Å². The average molecular weight is 201 g/mol. The second-order valence-corrected chi connectivity index (χ2v) is 2.88. The molecule has 0 bridgehead atoms. The molecule has 0 aliphatic carbocycles. The van der Waals surface area contributed by atoms with Crippen LogP contribution in [0.25, 0.3) is 0 Å². The van der Waals surface area contributed by atoms with Crippen LogP contribution >= 0.6 is 11.6 Å². The highest BCUT2D eigenvalue weighted by Crippen LogP contribution is 2.13. The van der Waals surface area contributed by atoms with Gasteiger partial charge in [-0.3, -0.25) is 0 Å². The third-order valence-electron chi connectivity index (χ3n) is 1.64. The minimum atomic E-state index is -0.569. The Morgan fingerprint density at radius 1 is 1.31 bits per heavy atom. The first kappa shape index (κ1) is 9.92. The first-order chi connectivity index (χ1) is 6.06. The molecule has 0 saturated carbocycles. The van der Waals surface area contributed by atoms with Gasteiger partial charge in [0.2, 0.25) is 0 Å². The summed E-state index contributed by atoms with van der Waals surface area (Å²) in [4.78, 5) is 19.0. The van der Waals surface area contributed by atoms with E-state index in [1.165, 1.54) is 7.11 Å². The van der Waals surface area contributed by atoms with Gasteiger partial charge in [-0.2, -0.15) is 0 Å². The number of halogens is 1. The molecule has 0 N–H and O–H groups in total. The van der Waals surface area contributed by atoms with Crippen LogP contribution in [-0.2, 0) is 4.74 Å². The van der Waals surface area contributed by atoms with Gasteiger partial charge in [-0.1, -0.05) is 11.6 Å². The Balaban J connectivity index is 3.23. The molecule has 0 fully saturated rings. The van der Waals surface area contributed by atoms with Gasteiger partial charge in [0.15, 0.2) is 10.8 Å². The largest absolute Gasteiger partial charge is 0.464 e. The van der Waals surface area contributed by atoms with Crippen LogP contribution in [0.15, 0.2) is 0 Å². The zero-order valence-corrected chi connectivity index (χ0v) is 8.34. The highest BCUT2D eigenvalue weighted by Gasteiger charge is 2.15. The summed E-state index contributed by atoms with van der Waals surface area (Å²) in [7, 11) is 1.27. The van der Waals surface area contributed by atoms with E-state index in [0.717, 1.165) is 0 Å². The van der Waals surface area contributed by atoms with Gasteiger partial charge in [0.05, 0.1) is 18.5 Å². The van der Waals surface area contributed by atoms with Crippen LogP contribution in [0.3, 0.4) is 0 Å². The van der Waals surface area contributed by atoms with Crippen molar-refractivity contribution in [3.63, 3.8) is 0 Å². The third kappa shape index (κ3) is 1.95. The Kier molecular flexibility index (Phi) is 2.83. The topological polar surface area (TPSA) is 52.1 Å². The molecule has 5 heteroatoms. The van der Waals surface area contributed by atoms with E-state index in [4.69, 9.17) is 11.6 Å². The quantitative estimate of drug-likeness (QED) is 0.646. The van der Waals surface area contributed by atoms with Gasteiger partial charge in [-0.25, -0.2) is 14.8 Å². The maximum atomic E-state index is 11.1. The second-order valence-electron chi connectivity index (χ2n) is 2.53. The van der Waals surface area contributed by atoms with E-state index in [1.807, 2.05) is 0 Å². The SMILES string of the molecule is COC(=O)c1nc(C)c(C)nc1Cl. The molecule has 4 nitrogen and oxygen atoms in total. The monoisotopic (exact) mass is 200 g/mol. The molecule has 0 aromatic carbocycles. The van der Waals surface area contributed by atoms with Gasteiger partial charge in [0.25, 0.3) is 0 Å². The van der Waals surface area contributed by atoms with Crippen molar-refractivity contribution in [3.8, 4) is 0 Å². The fourth-order valence-corrected chi connectivity index (χ4v) is 1.05. The van der Waals surface area contributed by atoms with E-state index in [1.54, 1.807) is 13.8 Å². The zero-order valence-electron chi connectivity index (χ0n) is 7.59. The Hall–Kier alpha value is -1.16. The highest BCUT2D eigenvalue weighted by molar-refractivity contribution is 6.32. The summed E-state index contributed by atoms with van der Waals surface area (Å²) in [6.07, 6.45) is 0. The first-order valence-electron chi connectivity index (χ1n) is 3.65. The average Bonchev–Trinajstić information content (AvgIpc) is 2.10. The molecule has 13 heavy (non-hydrogen) atoms. The molecule has 0 amide bonds. The lowest BCUT2D eigenvalue weighted by Gasteiger charge is -2.03. The van der Waals surface area contributed by atoms with Crippen molar-refractivity contribution in [1.29, 1.82) is 0 Å². The molecule has 0 aliphatic rings. The molecule has 70 valence electrons. The summed E-state index contributed by atoms with van der Waals surface area (Å²) in [5.41, 5.74) is 1.44. The van der Waals surface area contributed by atoms with Crippen molar-refractivity contribution < 1.29 is 9.53 Å². The van der Waals surface area contributed by atoms with E-state index in [2.05, 4.69) is 14.7 Å². The molecule has 0 atom stereocenters. The standard InChI is InChI=1S/C8H9ClN2O2/c1-4-5(2)11-7(9)6(10-4)8(12)13-3/h1-3H3. The van der Waals surface area contributed by atoms with Gasteiger partial charge in [-0.05, 0) is 13.8 Å². The van der Waals surface area contributed by atoms with Gasteiger partial charge in [-0.15, -0.1) is 0 Å². The van der Waals surface area contributed by atoms with Crippen molar-refractivity contribution in [2.24, 2.45) is 0 Å². The van der Waals surface area contributed by atoms with Crippen molar-refractivity contribution in [1.82, 2.24) is 9.97 Å². The summed E-state index contributed by atoms with van der Waals surface area (Å²) < 4.78 is 4.49. The molecule has 0 aliphatic heterocycles. The summed E-state index contributed by atoms with van der Waals surface area (Å²) >= 11 is 5.70. The molecule has 1 aromatic rings. The number of carbonyl (C=O) groups is 1. The van der Waals surface area contributed by atoms with Crippen LogP contribution in [0.4, 0.5) is 0 Å². The predicted molar refractivity (Wildman–Crippen MR) is 47.9 cm³/mol. The molecule has 0 saturated heterocycles. The summed E-state index contributed by atoms with van der Waals surface area (Å²) in [6, 6.07) is 0. The third-order valence-corrected chi connectivity index (χ3v) is 1.91. The van der Waals surface area contributed by atoms with Crippen LogP contribution in [0.2, 0.25) is 5.15 Å². The normalized spacial score (nSPS) is 9.85. The van der Waals surface area contributed by atoms with E-state index in [0.29, 0.717) is 11.4 Å². The molecule has 1 heterocycles. The Labute approximate surface area is 80.9 Å². The Bertz CT molecular complexity index is 352. The Morgan fingerprint density at radius 3 is 2.38 bits per heavy atom. The minimum Gasteiger partial charge on any atom is -0.464 e. The molecular formula is C8H9ClN2O2. The van der Waals surface area contributed by atoms with E-state index in [-0.39, 0.29) is 10.8 Å². The minimum absolute atomic E-state index is 0.0623. The predicted octanol–water partition coefficient (Wildman–Crippen LogP) is 1.53. The number of esters is 1. The molecule has 1 rings (SSSR count). The van der Waals surface area contributed by atoms with Gasteiger partial charge < -0.3 is 4.74 Å². The number of carbonyl (C=O) groups excluding carboxylic acids is 1. The van der Waals surface area contributed by atoms with Crippen LogP contribution < -0.4 is 0 Å². The lowest BCUT2D eigenvalue weighted by atomic mass is 10.3. The van der Waals surface area contributed by atoms with Crippen LogP contribution in [0.1, 0.15) is 21.9 Å². The first-order valence-corrected chi connectivity index (χ1v) is 4.03. The van der Waals surface area contributed by atoms with Gasteiger partial charge >= 0.3 is 5.97 Å². The summed E-state index contributed by atoms with van der Waals surface area (Å²) in [5, 5.41) is 0.0787. The maximum absolute atomic E-state index is 11.1. The number of aromatic nitrogens is 2. The fraction of sp³-hybridized carbons (Fsp3) is 0.375. The number of methoxy groups -OCH3 is 1. The van der Waals surface area contributed by atoms with Crippen LogP contribution in [0, 0.1) is 13.8 Å². The summed E-state index contributed by atoms with van der Waals surface area (Å²) in [5.74, 6) is -0.569.